The molecule has 0 aromatic heterocycles. The van der Waals surface area contributed by atoms with Crippen LogP contribution in [0.5, 0.6) is 0 Å². The van der Waals surface area contributed by atoms with Crippen molar-refractivity contribution in [2.45, 2.75) is 5.33 Å². The second-order valence-corrected chi connectivity index (χ2v) is 4.57. The monoisotopic (exact) mass is 392 g/mol. The molecule has 0 aliphatic rings. The van der Waals surface area contributed by atoms with Crippen molar-refractivity contribution in [3.05, 3.63) is 31.6 Å². The van der Waals surface area contributed by atoms with Crippen LogP contribution >= 0.6 is 54.5 Å². The van der Waals surface area contributed by atoms with E-state index < -0.39 is 0 Å². The Labute approximate surface area is 95.0 Å². The maximum atomic E-state index is 13.0. The van der Waals surface area contributed by atoms with E-state index >= 15 is 0 Å². The van der Waals surface area contributed by atoms with E-state index in [9.17, 15) is 4.39 Å². The molecule has 0 fully saturated rings. The van der Waals surface area contributed by atoms with Crippen molar-refractivity contribution in [3.63, 3.8) is 0 Å². The second kappa shape index (κ2) is 4.18. The van der Waals surface area contributed by atoms with Crippen molar-refractivity contribution < 1.29 is 4.39 Å². The SMILES string of the molecule is Fc1cc(I)c(Br)cc1CBr. The van der Waals surface area contributed by atoms with Gasteiger partial charge in [0.1, 0.15) is 5.82 Å². The van der Waals surface area contributed by atoms with Crippen LogP contribution in [0.2, 0.25) is 0 Å². The molecule has 0 spiro atoms. The maximum Gasteiger partial charge on any atom is 0.128 e. The molecule has 0 aliphatic carbocycles. The van der Waals surface area contributed by atoms with Crippen LogP contribution in [0.1, 0.15) is 5.56 Å². The molecule has 1 aromatic rings. The van der Waals surface area contributed by atoms with Gasteiger partial charge in [0, 0.05) is 13.4 Å². The van der Waals surface area contributed by atoms with E-state index in [0.29, 0.717) is 10.9 Å². The number of rotatable bonds is 1. The van der Waals surface area contributed by atoms with Gasteiger partial charge in [0.15, 0.2) is 0 Å². The molecule has 0 atom stereocenters. The first-order chi connectivity index (χ1) is 5.15. The topological polar surface area (TPSA) is 0 Å². The lowest BCUT2D eigenvalue weighted by Gasteiger charge is -2.01. The summed E-state index contributed by atoms with van der Waals surface area (Å²) in [4.78, 5) is 0. The van der Waals surface area contributed by atoms with Crippen LogP contribution < -0.4 is 0 Å². The first-order valence-electron chi connectivity index (χ1n) is 2.84. The molecule has 11 heavy (non-hydrogen) atoms. The van der Waals surface area contributed by atoms with Gasteiger partial charge in [-0.3, -0.25) is 0 Å². The highest BCUT2D eigenvalue weighted by molar-refractivity contribution is 14.1. The third kappa shape index (κ3) is 2.39. The summed E-state index contributed by atoms with van der Waals surface area (Å²) in [6.07, 6.45) is 0. The molecule has 0 bridgehead atoms. The molecule has 0 saturated heterocycles. The smallest absolute Gasteiger partial charge is 0.128 e. The highest BCUT2D eigenvalue weighted by Gasteiger charge is 2.04. The number of hydrogen-bond acceptors (Lipinski definition) is 0. The van der Waals surface area contributed by atoms with Crippen LogP contribution in [-0.4, -0.2) is 0 Å². The Kier molecular flexibility index (Phi) is 3.77. The van der Waals surface area contributed by atoms with Crippen LogP contribution in [0.15, 0.2) is 16.6 Å². The highest BCUT2D eigenvalue weighted by Crippen LogP contribution is 2.23. The minimum atomic E-state index is -0.158. The second-order valence-electron chi connectivity index (χ2n) is 1.99. The Morgan fingerprint density at radius 2 is 2.09 bits per heavy atom. The van der Waals surface area contributed by atoms with Crippen molar-refractivity contribution in [3.8, 4) is 0 Å². The molecular weight excluding hydrogens is 390 g/mol. The lowest BCUT2D eigenvalue weighted by molar-refractivity contribution is 0.616. The average Bonchev–Trinajstić information content (AvgIpc) is 1.97. The Morgan fingerprint density at radius 3 is 2.64 bits per heavy atom. The van der Waals surface area contributed by atoms with Gasteiger partial charge in [0.05, 0.1) is 0 Å². The summed E-state index contributed by atoms with van der Waals surface area (Å²) in [7, 11) is 0. The summed E-state index contributed by atoms with van der Waals surface area (Å²) in [6.45, 7) is 0. The van der Waals surface area contributed by atoms with Gasteiger partial charge in [-0.15, -0.1) is 0 Å². The number of benzene rings is 1. The fourth-order valence-electron chi connectivity index (χ4n) is 0.666. The number of alkyl halides is 1. The molecule has 0 N–H and O–H groups in total. The van der Waals surface area contributed by atoms with E-state index in [1.807, 2.05) is 0 Å². The van der Waals surface area contributed by atoms with Gasteiger partial charge in [-0.2, -0.15) is 0 Å². The normalized spacial score (nSPS) is 10.2. The summed E-state index contributed by atoms with van der Waals surface area (Å²) in [6, 6.07) is 3.30. The van der Waals surface area contributed by atoms with Crippen LogP contribution in [0, 0.1) is 9.39 Å². The molecule has 0 heterocycles. The molecular formula is C7H4Br2FI. The fraction of sp³-hybridized carbons (Fsp3) is 0.143. The van der Waals surface area contributed by atoms with E-state index in [0.717, 1.165) is 8.04 Å². The van der Waals surface area contributed by atoms with Crippen LogP contribution in [0.3, 0.4) is 0 Å². The molecule has 0 radical (unpaired) electrons. The minimum Gasteiger partial charge on any atom is -0.207 e. The molecule has 1 rings (SSSR count). The third-order valence-corrected chi connectivity index (χ3v) is 4.13. The lowest BCUT2D eigenvalue weighted by Crippen LogP contribution is -1.87. The lowest BCUT2D eigenvalue weighted by atomic mass is 10.2. The molecule has 0 saturated carbocycles. The Morgan fingerprint density at radius 1 is 1.45 bits per heavy atom. The molecule has 0 aliphatic heterocycles. The summed E-state index contributed by atoms with van der Waals surface area (Å²) < 4.78 is 14.8. The van der Waals surface area contributed by atoms with Gasteiger partial charge in [-0.25, -0.2) is 4.39 Å². The van der Waals surface area contributed by atoms with E-state index in [2.05, 4.69) is 54.5 Å². The van der Waals surface area contributed by atoms with Crippen molar-refractivity contribution >= 4 is 54.5 Å². The number of hydrogen-bond donors (Lipinski definition) is 0. The van der Waals surface area contributed by atoms with E-state index in [-0.39, 0.29) is 5.82 Å². The average molecular weight is 394 g/mol. The zero-order valence-electron chi connectivity index (χ0n) is 5.37. The Hall–Kier alpha value is 0.840. The van der Waals surface area contributed by atoms with Gasteiger partial charge in [-0.05, 0) is 56.2 Å². The van der Waals surface area contributed by atoms with Gasteiger partial charge in [-0.1, -0.05) is 15.9 Å². The maximum absolute atomic E-state index is 13.0. The molecule has 0 unspecified atom stereocenters. The van der Waals surface area contributed by atoms with E-state index in [1.165, 1.54) is 6.07 Å². The number of halogens is 4. The quantitative estimate of drug-likeness (QED) is 0.383. The summed E-state index contributed by atoms with van der Waals surface area (Å²) in [5.74, 6) is -0.158. The molecule has 0 amide bonds. The largest absolute Gasteiger partial charge is 0.207 e. The summed E-state index contributed by atoms with van der Waals surface area (Å²) >= 11 is 8.61. The van der Waals surface area contributed by atoms with Crippen LogP contribution in [0.25, 0.3) is 0 Å². The van der Waals surface area contributed by atoms with Crippen molar-refractivity contribution in [1.29, 1.82) is 0 Å². The van der Waals surface area contributed by atoms with Crippen LogP contribution in [0.4, 0.5) is 4.39 Å². The minimum absolute atomic E-state index is 0.158. The van der Waals surface area contributed by atoms with Crippen molar-refractivity contribution in [2.24, 2.45) is 0 Å². The molecule has 0 nitrogen and oxygen atoms in total. The standard InChI is InChI=1S/C7H4Br2FI/c8-3-4-1-5(9)7(11)2-6(4)10/h1-2H,3H2. The van der Waals surface area contributed by atoms with Crippen molar-refractivity contribution in [1.82, 2.24) is 0 Å². The van der Waals surface area contributed by atoms with Crippen molar-refractivity contribution in [2.75, 3.05) is 0 Å². The molecule has 60 valence electrons. The highest BCUT2D eigenvalue weighted by atomic mass is 127. The predicted molar refractivity (Wildman–Crippen MR) is 59.4 cm³/mol. The Balaban J connectivity index is 3.21. The zero-order valence-corrected chi connectivity index (χ0v) is 10.7. The van der Waals surface area contributed by atoms with E-state index in [1.54, 1.807) is 6.07 Å². The molecule has 1 aromatic carbocycles. The summed E-state index contributed by atoms with van der Waals surface area (Å²) in [5, 5.41) is 0.550. The summed E-state index contributed by atoms with van der Waals surface area (Å²) in [5.41, 5.74) is 0.678. The Bertz CT molecular complexity index is 275. The van der Waals surface area contributed by atoms with Gasteiger partial charge < -0.3 is 0 Å². The zero-order chi connectivity index (χ0) is 8.43. The fourth-order valence-corrected chi connectivity index (χ4v) is 1.92. The van der Waals surface area contributed by atoms with Crippen LogP contribution in [-0.2, 0) is 5.33 Å². The first kappa shape index (κ1) is 9.92. The van der Waals surface area contributed by atoms with E-state index in [4.69, 9.17) is 0 Å². The van der Waals surface area contributed by atoms with Gasteiger partial charge in [0.2, 0.25) is 0 Å². The predicted octanol–water partition coefficient (Wildman–Crippen LogP) is 4.09. The van der Waals surface area contributed by atoms with Gasteiger partial charge in [0.25, 0.3) is 0 Å². The van der Waals surface area contributed by atoms with Gasteiger partial charge >= 0.3 is 0 Å². The first-order valence-corrected chi connectivity index (χ1v) is 5.84. The third-order valence-electron chi connectivity index (χ3n) is 1.23. The molecule has 4 heteroatoms.